The van der Waals surface area contributed by atoms with Crippen molar-refractivity contribution in [3.63, 3.8) is 0 Å². The number of sulfone groups is 1. The second kappa shape index (κ2) is 18.8. The van der Waals surface area contributed by atoms with Gasteiger partial charge in [-0.1, -0.05) is 55.8 Å². The minimum absolute atomic E-state index is 0.0646. The molecule has 0 saturated carbocycles. The van der Waals surface area contributed by atoms with Gasteiger partial charge in [-0.05, 0) is 79.5 Å². The molecule has 0 aliphatic carbocycles. The second-order valence-electron chi connectivity index (χ2n) is 13.4. The highest BCUT2D eigenvalue weighted by Gasteiger charge is 2.32. The number of benzene rings is 2. The first-order valence-corrected chi connectivity index (χ1v) is 20.7. The largest absolute Gasteiger partial charge is 0.524 e. The van der Waals surface area contributed by atoms with Gasteiger partial charge in [0.15, 0.2) is 9.84 Å². The number of esters is 1. The van der Waals surface area contributed by atoms with Crippen LogP contribution in [0.1, 0.15) is 63.2 Å². The molecule has 0 aliphatic heterocycles. The molecular formula is C37H43Cl2F2N2O9PS. The monoisotopic (exact) mass is 830 g/mol. The fourth-order valence-corrected chi connectivity index (χ4v) is 6.87. The highest BCUT2D eigenvalue weighted by atomic mass is 35.5. The fraction of sp³-hybridized carbons (Fsp3) is 0.351. The molecule has 3 aromatic rings. The minimum Gasteiger partial charge on any atom is -0.465 e. The number of carbonyl (C=O) groups is 1. The molecule has 0 atom stereocenters. The van der Waals surface area contributed by atoms with E-state index in [0.29, 0.717) is 28.7 Å². The first-order valence-electron chi connectivity index (χ1n) is 16.4. The zero-order valence-electron chi connectivity index (χ0n) is 30.3. The standard InChI is InChI=1S/C37H43Cl2F2N2O9PS/c1-36(2,23-28(39)8-6-7-17-38)35-42-33(37(3,4)45)24-43(35)32-14-11-26(22-31(32)41)27(15-18-40)21-30(54(5,49)50)16-19-51-34(44)20-25-9-12-29(13-10-25)52-53(46,47)48/h6-15,21-22,24,45H,16-20,23H2,1-5H3,(H2,46,47,48)/b7-6-,27-15+,28-8+,30-21+. The maximum Gasteiger partial charge on any atom is 0.524 e. The minimum atomic E-state index is -4.75. The summed E-state index contributed by atoms with van der Waals surface area (Å²) in [6.07, 6.45) is 9.71. The summed E-state index contributed by atoms with van der Waals surface area (Å²) in [5.41, 5.74) is -1.12. The summed E-state index contributed by atoms with van der Waals surface area (Å²) in [6.45, 7) is 5.50. The number of phosphoric acid groups is 1. The lowest BCUT2D eigenvalue weighted by atomic mass is 9.87. The van der Waals surface area contributed by atoms with E-state index in [-0.39, 0.29) is 52.6 Å². The highest BCUT2D eigenvalue weighted by Crippen LogP contribution is 2.38. The third-order valence-corrected chi connectivity index (χ3v) is 9.95. The molecule has 0 aliphatic rings. The highest BCUT2D eigenvalue weighted by molar-refractivity contribution is 7.94. The average molecular weight is 832 g/mol. The quantitative estimate of drug-likeness (QED) is 0.0500. The molecule has 294 valence electrons. The SMILES string of the molecule is CC(C)(O)c1cn(-c2ccc(C(=C/CF)/C=C(\CCOC(=O)Cc3ccc(OP(=O)(O)O)cc3)S(C)(=O)=O)cc2F)c(C(C)(C)C/C(Cl)=C\C=C/CCl)n1. The third-order valence-electron chi connectivity index (χ3n) is 7.79. The van der Waals surface area contributed by atoms with Crippen LogP contribution in [0.15, 0.2) is 89.0 Å². The number of hydrogen-bond donors (Lipinski definition) is 3. The van der Waals surface area contributed by atoms with Crippen molar-refractivity contribution in [1.29, 1.82) is 0 Å². The predicted octanol–water partition coefficient (Wildman–Crippen LogP) is 7.75. The predicted molar refractivity (Wildman–Crippen MR) is 205 cm³/mol. The van der Waals surface area contributed by atoms with E-state index in [2.05, 4.69) is 9.51 Å². The van der Waals surface area contributed by atoms with Gasteiger partial charge in [0, 0.05) is 40.1 Å². The molecule has 0 saturated heterocycles. The maximum atomic E-state index is 16.1. The van der Waals surface area contributed by atoms with Crippen LogP contribution in [0, 0.1) is 5.82 Å². The van der Waals surface area contributed by atoms with Gasteiger partial charge in [-0.25, -0.2) is 26.7 Å². The number of hydrogen-bond acceptors (Lipinski definition) is 8. The zero-order valence-corrected chi connectivity index (χ0v) is 33.5. The summed E-state index contributed by atoms with van der Waals surface area (Å²) in [5.74, 6) is -0.847. The van der Waals surface area contributed by atoms with Crippen LogP contribution in [0.4, 0.5) is 8.78 Å². The summed E-state index contributed by atoms with van der Waals surface area (Å²) in [4.78, 5) is 34.8. The smallest absolute Gasteiger partial charge is 0.465 e. The van der Waals surface area contributed by atoms with Gasteiger partial charge >= 0.3 is 13.8 Å². The van der Waals surface area contributed by atoms with Gasteiger partial charge < -0.3 is 14.4 Å². The van der Waals surface area contributed by atoms with Gasteiger partial charge in [0.2, 0.25) is 0 Å². The molecule has 1 heterocycles. The number of alkyl halides is 2. The Hall–Kier alpha value is -3.62. The number of nitrogens with zero attached hydrogens (tertiary/aromatic N) is 2. The lowest BCUT2D eigenvalue weighted by molar-refractivity contribution is -0.142. The molecule has 3 rings (SSSR count). The van der Waals surface area contributed by atoms with E-state index in [9.17, 15) is 27.3 Å². The Morgan fingerprint density at radius 1 is 1.11 bits per heavy atom. The number of aliphatic hydroxyl groups is 1. The third kappa shape index (κ3) is 13.6. The molecule has 3 N–H and O–H groups in total. The zero-order chi connectivity index (χ0) is 40.5. The summed E-state index contributed by atoms with van der Waals surface area (Å²) in [5, 5.41) is 11.3. The molecule has 0 amide bonds. The van der Waals surface area contributed by atoms with Crippen LogP contribution in [-0.4, -0.2) is 64.2 Å². The summed E-state index contributed by atoms with van der Waals surface area (Å²) in [6, 6.07) is 9.41. The van der Waals surface area contributed by atoms with E-state index in [1.165, 1.54) is 53.2 Å². The number of phosphoric ester groups is 1. The van der Waals surface area contributed by atoms with Crippen molar-refractivity contribution in [3.8, 4) is 11.4 Å². The van der Waals surface area contributed by atoms with Crippen molar-refractivity contribution in [3.05, 3.63) is 117 Å². The number of carbonyl (C=O) groups excluding carboxylic acids is 1. The number of imidazole rings is 1. The van der Waals surface area contributed by atoms with Gasteiger partial charge in [0.05, 0.1) is 24.4 Å². The summed E-state index contributed by atoms with van der Waals surface area (Å²) >= 11 is 12.2. The lowest BCUT2D eigenvalue weighted by Gasteiger charge is -2.25. The summed E-state index contributed by atoms with van der Waals surface area (Å²) in [7, 11) is -8.65. The van der Waals surface area contributed by atoms with Gasteiger partial charge in [-0.2, -0.15) is 0 Å². The molecular weight excluding hydrogens is 788 g/mol. The van der Waals surface area contributed by atoms with E-state index in [4.69, 9.17) is 37.7 Å². The summed E-state index contributed by atoms with van der Waals surface area (Å²) < 4.78 is 77.5. The molecule has 0 fully saturated rings. The van der Waals surface area contributed by atoms with Crippen LogP contribution >= 0.6 is 31.0 Å². The van der Waals surface area contributed by atoms with E-state index in [0.717, 1.165) is 18.4 Å². The van der Waals surface area contributed by atoms with Crippen LogP contribution in [0.3, 0.4) is 0 Å². The molecule has 17 heteroatoms. The number of ether oxygens (including phenoxy) is 1. The topological polar surface area (TPSA) is 165 Å². The first kappa shape index (κ1) is 44.8. The molecule has 0 bridgehead atoms. The number of rotatable bonds is 18. The first-order chi connectivity index (χ1) is 25.0. The van der Waals surface area contributed by atoms with Gasteiger partial charge in [-0.15, -0.1) is 11.6 Å². The fourth-order valence-electron chi connectivity index (χ4n) is 5.17. The van der Waals surface area contributed by atoms with E-state index >= 15 is 4.39 Å². The van der Waals surface area contributed by atoms with Crippen molar-refractivity contribution >= 4 is 52.4 Å². The van der Waals surface area contributed by atoms with Crippen LogP contribution in [-0.2, 0) is 41.4 Å². The molecule has 0 radical (unpaired) electrons. The second-order valence-corrected chi connectivity index (χ2v) is 17.4. The Labute approximate surface area is 323 Å². The van der Waals surface area contributed by atoms with Crippen LogP contribution < -0.4 is 4.52 Å². The number of aromatic nitrogens is 2. The van der Waals surface area contributed by atoms with Crippen LogP contribution in [0.25, 0.3) is 11.3 Å². The van der Waals surface area contributed by atoms with Gasteiger partial charge in [0.25, 0.3) is 0 Å². The molecule has 2 aromatic carbocycles. The average Bonchev–Trinajstić information content (AvgIpc) is 3.51. The van der Waals surface area contributed by atoms with Gasteiger partial charge in [-0.3, -0.25) is 19.1 Å². The van der Waals surface area contributed by atoms with Crippen LogP contribution in [0.5, 0.6) is 5.75 Å². The van der Waals surface area contributed by atoms with E-state index in [1.807, 2.05) is 13.8 Å². The van der Waals surface area contributed by atoms with Gasteiger partial charge in [0.1, 0.15) is 29.7 Å². The maximum absolute atomic E-state index is 16.1. The lowest BCUT2D eigenvalue weighted by Crippen LogP contribution is -2.23. The Kier molecular flexibility index (Phi) is 15.6. The molecule has 54 heavy (non-hydrogen) atoms. The Morgan fingerprint density at radius 3 is 2.33 bits per heavy atom. The molecule has 11 nitrogen and oxygen atoms in total. The van der Waals surface area contributed by atoms with Crippen molar-refractivity contribution in [2.24, 2.45) is 0 Å². The normalized spacial score (nSPS) is 13.8. The molecule has 1 aromatic heterocycles. The van der Waals surface area contributed by atoms with E-state index < -0.39 is 47.1 Å². The Bertz CT molecular complexity index is 2080. The number of halogens is 4. The van der Waals surface area contributed by atoms with Crippen molar-refractivity contribution in [2.45, 2.75) is 58.0 Å². The van der Waals surface area contributed by atoms with Crippen molar-refractivity contribution in [2.75, 3.05) is 25.4 Å². The van der Waals surface area contributed by atoms with Crippen molar-refractivity contribution in [1.82, 2.24) is 9.55 Å². The Morgan fingerprint density at radius 2 is 1.78 bits per heavy atom. The van der Waals surface area contributed by atoms with Crippen LogP contribution in [0.2, 0.25) is 0 Å². The number of allylic oxidation sites excluding steroid dienone is 7. The van der Waals surface area contributed by atoms with E-state index in [1.54, 1.807) is 32.1 Å². The molecule has 0 spiro atoms. The molecule has 0 unspecified atom stereocenters. The Balaban J connectivity index is 1.89. The van der Waals surface area contributed by atoms with Crippen molar-refractivity contribution < 1.29 is 50.7 Å².